The highest BCUT2D eigenvalue weighted by atomic mass is 16.6. The van der Waals surface area contributed by atoms with E-state index in [2.05, 4.69) is 0 Å². The predicted octanol–water partition coefficient (Wildman–Crippen LogP) is 2.72. The van der Waals surface area contributed by atoms with Gasteiger partial charge in [0.1, 0.15) is 0 Å². The van der Waals surface area contributed by atoms with Crippen molar-refractivity contribution in [2.75, 3.05) is 0 Å². The van der Waals surface area contributed by atoms with Crippen molar-refractivity contribution in [3.8, 4) is 0 Å². The summed E-state index contributed by atoms with van der Waals surface area (Å²) in [5.41, 5.74) is -1.62. The molecule has 0 spiro atoms. The molecule has 2 rings (SSSR count). The molecule has 0 fully saturated rings. The van der Waals surface area contributed by atoms with Gasteiger partial charge in [0.15, 0.2) is 0 Å². The number of nitro benzene ring substituents is 4. The van der Waals surface area contributed by atoms with Gasteiger partial charge in [-0.05, 0) is 12.1 Å². The van der Waals surface area contributed by atoms with Gasteiger partial charge in [-0.25, -0.2) is 0 Å². The number of rotatable bonds is 6. The summed E-state index contributed by atoms with van der Waals surface area (Å²) >= 11 is 0. The first-order chi connectivity index (χ1) is 14.8. The molecule has 0 bridgehead atoms. The lowest BCUT2D eigenvalue weighted by atomic mass is 10.1. The van der Waals surface area contributed by atoms with Crippen molar-refractivity contribution in [2.24, 2.45) is 0 Å². The number of nitrogens with zero attached hydrogens (tertiary/aromatic N) is 4. The SMILES string of the molecule is CC(=O)O.O=C(O)Cc1ccc([N+](=O)[O-])cc1[N+](=O)[O-].O=[N+]([O-])c1cccc([N+](=O)[O-])c1. The average Bonchev–Trinajstić information content (AvgIpc) is 2.67. The minimum atomic E-state index is -1.24. The average molecular weight is 454 g/mol. The van der Waals surface area contributed by atoms with E-state index in [1.165, 1.54) is 18.2 Å². The standard InChI is InChI=1S/C8H6N2O6.C6H4N2O4.C2H4O2/c11-8(12)3-5-1-2-6(9(13)14)4-7(5)10(15)16;9-7(10)5-2-1-3-6(4-5)8(11)12;1-2(3)4/h1-2,4H,3H2,(H,11,12);1-4H;1H3,(H,3,4). The van der Waals surface area contributed by atoms with Crippen LogP contribution in [0.5, 0.6) is 0 Å². The van der Waals surface area contributed by atoms with E-state index in [1.807, 2.05) is 0 Å². The van der Waals surface area contributed by atoms with Gasteiger partial charge >= 0.3 is 5.97 Å². The summed E-state index contributed by atoms with van der Waals surface area (Å²) in [6.45, 7) is 1.08. The minimum absolute atomic E-state index is 0.0666. The molecule has 0 aliphatic rings. The smallest absolute Gasteiger partial charge is 0.308 e. The molecule has 0 aliphatic carbocycles. The van der Waals surface area contributed by atoms with Crippen LogP contribution in [0.4, 0.5) is 22.7 Å². The Morgan fingerprint density at radius 1 is 0.750 bits per heavy atom. The zero-order valence-corrected chi connectivity index (χ0v) is 16.0. The topological polar surface area (TPSA) is 247 Å². The Hall–Kier alpha value is -5.02. The molecular formula is C16H14N4O12. The third-order valence-electron chi connectivity index (χ3n) is 3.07. The van der Waals surface area contributed by atoms with E-state index in [4.69, 9.17) is 15.0 Å². The Labute approximate surface area is 176 Å². The highest BCUT2D eigenvalue weighted by Crippen LogP contribution is 2.25. The molecule has 0 saturated heterocycles. The van der Waals surface area contributed by atoms with Crippen molar-refractivity contribution in [3.63, 3.8) is 0 Å². The van der Waals surface area contributed by atoms with Crippen LogP contribution in [0.3, 0.4) is 0 Å². The molecule has 2 aromatic carbocycles. The van der Waals surface area contributed by atoms with Crippen LogP contribution in [0, 0.1) is 40.5 Å². The van der Waals surface area contributed by atoms with Crippen LogP contribution >= 0.6 is 0 Å². The summed E-state index contributed by atoms with van der Waals surface area (Å²) in [4.78, 5) is 57.7. The Morgan fingerprint density at radius 3 is 1.50 bits per heavy atom. The van der Waals surface area contributed by atoms with E-state index in [0.717, 1.165) is 31.2 Å². The molecule has 0 atom stereocenters. The van der Waals surface area contributed by atoms with E-state index in [1.54, 1.807) is 0 Å². The Morgan fingerprint density at radius 2 is 1.16 bits per heavy atom. The van der Waals surface area contributed by atoms with Crippen molar-refractivity contribution in [1.29, 1.82) is 0 Å². The summed E-state index contributed by atoms with van der Waals surface area (Å²) in [7, 11) is 0. The molecule has 0 unspecified atom stereocenters. The number of carbonyl (C=O) groups is 2. The first kappa shape index (κ1) is 27.0. The number of non-ortho nitro benzene ring substituents is 3. The number of carboxylic acid groups (broad SMARTS) is 2. The molecule has 0 aliphatic heterocycles. The highest BCUT2D eigenvalue weighted by molar-refractivity contribution is 5.72. The Kier molecular flexibility index (Phi) is 10.6. The first-order valence-electron chi connectivity index (χ1n) is 7.98. The zero-order valence-electron chi connectivity index (χ0n) is 16.0. The summed E-state index contributed by atoms with van der Waals surface area (Å²) < 4.78 is 0. The van der Waals surface area contributed by atoms with Crippen LogP contribution in [0.1, 0.15) is 12.5 Å². The number of carboxylic acids is 2. The van der Waals surface area contributed by atoms with Gasteiger partial charge in [-0.3, -0.25) is 50.0 Å². The van der Waals surface area contributed by atoms with Crippen molar-refractivity contribution in [1.82, 2.24) is 0 Å². The summed E-state index contributed by atoms with van der Waals surface area (Å²) in [6.07, 6.45) is -0.547. The maximum atomic E-state index is 10.6. The third kappa shape index (κ3) is 9.96. The lowest BCUT2D eigenvalue weighted by Crippen LogP contribution is -2.04. The van der Waals surface area contributed by atoms with Crippen molar-refractivity contribution < 1.29 is 39.5 Å². The van der Waals surface area contributed by atoms with Gasteiger partial charge in [0.05, 0.1) is 38.2 Å². The van der Waals surface area contributed by atoms with Crippen molar-refractivity contribution >= 4 is 34.7 Å². The highest BCUT2D eigenvalue weighted by Gasteiger charge is 2.20. The molecule has 16 heteroatoms. The second-order valence-corrected chi connectivity index (χ2v) is 5.45. The number of benzene rings is 2. The van der Waals surface area contributed by atoms with Crippen molar-refractivity contribution in [2.45, 2.75) is 13.3 Å². The van der Waals surface area contributed by atoms with Gasteiger partial charge in [-0.1, -0.05) is 0 Å². The normalized spacial score (nSPS) is 9.16. The molecule has 0 saturated carbocycles. The molecule has 2 aromatic rings. The minimum Gasteiger partial charge on any atom is -0.481 e. The Bertz CT molecular complexity index is 1020. The lowest BCUT2D eigenvalue weighted by molar-refractivity contribution is -0.394. The van der Waals surface area contributed by atoms with Crippen LogP contribution in [-0.2, 0) is 16.0 Å². The Balaban J connectivity index is 0.000000529. The summed E-state index contributed by atoms with van der Waals surface area (Å²) in [5, 5.41) is 57.2. The maximum absolute atomic E-state index is 10.6. The van der Waals surface area contributed by atoms with Crippen LogP contribution in [-0.4, -0.2) is 41.8 Å². The van der Waals surface area contributed by atoms with Gasteiger partial charge in [-0.15, -0.1) is 0 Å². The molecule has 0 heterocycles. The maximum Gasteiger partial charge on any atom is 0.308 e. The van der Waals surface area contributed by atoms with Crippen LogP contribution in [0.25, 0.3) is 0 Å². The molecular weight excluding hydrogens is 440 g/mol. The van der Waals surface area contributed by atoms with Crippen LogP contribution in [0.15, 0.2) is 42.5 Å². The second-order valence-electron chi connectivity index (χ2n) is 5.45. The molecule has 0 radical (unpaired) electrons. The number of aliphatic carboxylic acids is 2. The first-order valence-corrected chi connectivity index (χ1v) is 7.98. The summed E-state index contributed by atoms with van der Waals surface area (Å²) in [6, 6.07) is 7.45. The van der Waals surface area contributed by atoms with Gasteiger partial charge in [0, 0.05) is 30.7 Å². The fourth-order valence-electron chi connectivity index (χ4n) is 1.87. The monoisotopic (exact) mass is 454 g/mol. The number of hydrogen-bond donors (Lipinski definition) is 2. The zero-order chi connectivity index (χ0) is 25.0. The molecule has 0 amide bonds. The lowest BCUT2D eigenvalue weighted by Gasteiger charge is -1.99. The quantitative estimate of drug-likeness (QED) is 0.472. The summed E-state index contributed by atoms with van der Waals surface area (Å²) in [5.74, 6) is -2.07. The van der Waals surface area contributed by atoms with E-state index in [9.17, 15) is 45.3 Å². The van der Waals surface area contributed by atoms with Gasteiger partial charge in [-0.2, -0.15) is 0 Å². The molecule has 16 nitrogen and oxygen atoms in total. The van der Waals surface area contributed by atoms with E-state index >= 15 is 0 Å². The van der Waals surface area contributed by atoms with Gasteiger partial charge in [0.25, 0.3) is 28.7 Å². The van der Waals surface area contributed by atoms with Crippen molar-refractivity contribution in [3.05, 3.63) is 88.5 Å². The number of hydrogen-bond acceptors (Lipinski definition) is 10. The van der Waals surface area contributed by atoms with Gasteiger partial charge in [0.2, 0.25) is 0 Å². The van der Waals surface area contributed by atoms with E-state index < -0.39 is 49.4 Å². The van der Waals surface area contributed by atoms with Crippen LogP contribution < -0.4 is 0 Å². The third-order valence-corrected chi connectivity index (χ3v) is 3.07. The molecule has 2 N–H and O–H groups in total. The predicted molar refractivity (Wildman–Crippen MR) is 104 cm³/mol. The van der Waals surface area contributed by atoms with E-state index in [-0.39, 0.29) is 16.9 Å². The number of nitro groups is 4. The fraction of sp³-hybridized carbons (Fsp3) is 0.125. The molecule has 0 aromatic heterocycles. The second kappa shape index (κ2) is 12.5. The molecule has 32 heavy (non-hydrogen) atoms. The fourth-order valence-corrected chi connectivity index (χ4v) is 1.87. The largest absolute Gasteiger partial charge is 0.481 e. The van der Waals surface area contributed by atoms with Crippen LogP contribution in [0.2, 0.25) is 0 Å². The molecule has 170 valence electrons. The van der Waals surface area contributed by atoms with E-state index in [0.29, 0.717) is 0 Å². The van der Waals surface area contributed by atoms with Gasteiger partial charge < -0.3 is 10.2 Å².